The number of hydrogen-bond donors (Lipinski definition) is 0. The maximum Gasteiger partial charge on any atom is 0.159 e. The van der Waals surface area contributed by atoms with Crippen molar-refractivity contribution in [3.8, 4) is 55.6 Å². The minimum Gasteiger partial charge on any atom is -0.454 e. The van der Waals surface area contributed by atoms with Crippen LogP contribution in [0, 0.1) is 0 Å². The highest BCUT2D eigenvalue weighted by Gasteiger charge is 2.50. The molecule has 110 heavy (non-hydrogen) atoms. The number of rotatable bonds is 13. The Morgan fingerprint density at radius 3 is 1.11 bits per heavy atom. The molecule has 4 heteroatoms. The van der Waals surface area contributed by atoms with Gasteiger partial charge in [-0.05, 0) is 166 Å². The first-order chi connectivity index (χ1) is 54.6. The Hall–Kier alpha value is -14.3. The molecular weight excluding hydrogens is 1330 g/mol. The van der Waals surface area contributed by atoms with E-state index in [0.717, 1.165) is 122 Å². The first-order valence-electron chi connectivity index (χ1n) is 37.9. The Bertz CT molecular complexity index is 6940. The highest BCUT2D eigenvalue weighted by atomic mass is 16.3. The largest absolute Gasteiger partial charge is 0.454 e. The van der Waals surface area contributed by atoms with Gasteiger partial charge >= 0.3 is 0 Å². The minimum absolute atomic E-state index is 0.664. The van der Waals surface area contributed by atoms with Crippen molar-refractivity contribution in [3.05, 3.63) is 457 Å². The van der Waals surface area contributed by atoms with E-state index in [4.69, 9.17) is 8.83 Å². The Labute approximate surface area is 637 Å². The van der Waals surface area contributed by atoms with Gasteiger partial charge in [-0.2, -0.15) is 0 Å². The minimum atomic E-state index is -0.789. The third-order valence-electron chi connectivity index (χ3n) is 23.6. The number of benzene rings is 18. The maximum atomic E-state index is 7.14. The molecule has 514 valence electrons. The summed E-state index contributed by atoms with van der Waals surface area (Å²) in [5, 5.41) is 8.90. The van der Waals surface area contributed by atoms with Gasteiger partial charge in [0.05, 0.1) is 39.3 Å². The van der Waals surface area contributed by atoms with E-state index in [1.54, 1.807) is 0 Å². The summed E-state index contributed by atoms with van der Waals surface area (Å²) in [6, 6.07) is 152. The molecule has 0 atom stereocenters. The van der Waals surface area contributed by atoms with Gasteiger partial charge in [0, 0.05) is 43.6 Å². The van der Waals surface area contributed by atoms with E-state index in [9.17, 15) is 0 Å². The molecule has 4 nitrogen and oxygen atoms in total. The van der Waals surface area contributed by atoms with E-state index in [1.165, 1.54) is 77.5 Å². The van der Waals surface area contributed by atoms with Crippen LogP contribution >= 0.6 is 0 Å². The smallest absolute Gasteiger partial charge is 0.159 e. The Morgan fingerprint density at radius 1 is 0.191 bits per heavy atom. The molecule has 20 aromatic rings. The van der Waals surface area contributed by atoms with Gasteiger partial charge in [-0.3, -0.25) is 0 Å². The highest BCUT2D eigenvalue weighted by Crippen LogP contribution is 2.63. The number of para-hydroxylation sites is 5. The fraction of sp³-hybridized carbons (Fsp3) is 0.0189. The van der Waals surface area contributed by atoms with Crippen LogP contribution < -0.4 is 9.80 Å². The van der Waals surface area contributed by atoms with Gasteiger partial charge < -0.3 is 18.6 Å². The molecule has 0 saturated carbocycles. The van der Waals surface area contributed by atoms with Crippen LogP contribution in [0.1, 0.15) is 44.5 Å². The van der Waals surface area contributed by atoms with Crippen molar-refractivity contribution < 1.29 is 8.83 Å². The number of fused-ring (bicyclic) bond motifs is 16. The molecule has 0 fully saturated rings. The van der Waals surface area contributed by atoms with Crippen molar-refractivity contribution in [1.82, 2.24) is 0 Å². The lowest BCUT2D eigenvalue weighted by Gasteiger charge is -2.35. The van der Waals surface area contributed by atoms with Crippen molar-refractivity contribution in [2.75, 3.05) is 9.80 Å². The zero-order chi connectivity index (χ0) is 72.4. The second-order valence-electron chi connectivity index (χ2n) is 29.2. The summed E-state index contributed by atoms with van der Waals surface area (Å²) < 4.78 is 14.2. The predicted molar refractivity (Wildman–Crippen MR) is 456 cm³/mol. The third kappa shape index (κ3) is 9.39. The van der Waals surface area contributed by atoms with Gasteiger partial charge in [-0.15, -0.1) is 0 Å². The van der Waals surface area contributed by atoms with E-state index < -0.39 is 10.8 Å². The van der Waals surface area contributed by atoms with Crippen molar-refractivity contribution in [3.63, 3.8) is 0 Å². The molecule has 0 aliphatic heterocycles. The number of furan rings is 2. The Balaban J connectivity index is 0.739. The number of anilines is 6. The quantitative estimate of drug-likeness (QED) is 0.115. The SMILES string of the molecule is c1ccc(-c2cccc(N(c3cc4c(c5ccccc35)-c3ccc(-c5ccc(-c6ccccc6N(c6cc7c(c8ccccc68)-c6ccccc6C7(c6ccccc6)c6ccccc6)c6cccc7c6oc6ccccc67)cc5)cc3C4(c3ccccc3)c3ccccc3)c3cccc4c3oc3ccccc34)c2)cc1. The molecule has 0 saturated heterocycles. The van der Waals surface area contributed by atoms with Crippen LogP contribution in [0.3, 0.4) is 0 Å². The van der Waals surface area contributed by atoms with Crippen molar-refractivity contribution in [2.45, 2.75) is 10.8 Å². The average Bonchev–Trinajstić information content (AvgIpc) is 1.52. The molecule has 0 amide bonds. The monoisotopic (exact) mass is 1400 g/mol. The summed E-state index contributed by atoms with van der Waals surface area (Å²) in [5.74, 6) is 0. The molecule has 22 rings (SSSR count). The molecule has 0 bridgehead atoms. The molecule has 2 aliphatic rings. The summed E-state index contributed by atoms with van der Waals surface area (Å²) in [6.45, 7) is 0. The highest BCUT2D eigenvalue weighted by molar-refractivity contribution is 6.18. The lowest BCUT2D eigenvalue weighted by Crippen LogP contribution is -2.29. The van der Waals surface area contributed by atoms with E-state index in [-0.39, 0.29) is 0 Å². The van der Waals surface area contributed by atoms with Gasteiger partial charge in [0.25, 0.3) is 0 Å². The van der Waals surface area contributed by atoms with Crippen molar-refractivity contribution in [2.24, 2.45) is 0 Å². The third-order valence-corrected chi connectivity index (χ3v) is 23.6. The molecule has 18 aromatic carbocycles. The second-order valence-corrected chi connectivity index (χ2v) is 29.2. The molecule has 0 radical (unpaired) electrons. The first kappa shape index (κ1) is 63.0. The average molecular weight is 1400 g/mol. The van der Waals surface area contributed by atoms with Crippen LogP contribution in [0.15, 0.2) is 421 Å². The van der Waals surface area contributed by atoms with E-state index in [2.05, 4.69) is 422 Å². The lowest BCUT2D eigenvalue weighted by atomic mass is 9.67. The zero-order valence-corrected chi connectivity index (χ0v) is 60.0. The number of nitrogens with zero attached hydrogens (tertiary/aromatic N) is 2. The topological polar surface area (TPSA) is 32.8 Å². The van der Waals surface area contributed by atoms with Crippen LogP contribution in [0.25, 0.3) is 121 Å². The van der Waals surface area contributed by atoms with Gasteiger partial charge in [0.15, 0.2) is 11.2 Å². The molecule has 2 aromatic heterocycles. The van der Waals surface area contributed by atoms with E-state index >= 15 is 0 Å². The maximum absolute atomic E-state index is 7.14. The van der Waals surface area contributed by atoms with E-state index in [1.807, 2.05) is 0 Å². The number of hydrogen-bond acceptors (Lipinski definition) is 4. The molecule has 2 aliphatic carbocycles. The molecular formula is C106H68N2O2. The fourth-order valence-corrected chi connectivity index (χ4v) is 19.0. The van der Waals surface area contributed by atoms with E-state index in [0.29, 0.717) is 0 Å². The van der Waals surface area contributed by atoms with Crippen LogP contribution in [-0.2, 0) is 10.8 Å². The van der Waals surface area contributed by atoms with Crippen LogP contribution in [0.4, 0.5) is 34.1 Å². The van der Waals surface area contributed by atoms with Crippen molar-refractivity contribution in [1.29, 1.82) is 0 Å². The molecule has 0 unspecified atom stereocenters. The summed E-state index contributed by atoms with van der Waals surface area (Å²) in [5.41, 5.74) is 29.2. The molecule has 2 heterocycles. The summed E-state index contributed by atoms with van der Waals surface area (Å²) in [7, 11) is 0. The normalized spacial score (nSPS) is 13.1. The van der Waals surface area contributed by atoms with Gasteiger partial charge in [0.2, 0.25) is 0 Å². The predicted octanol–water partition coefficient (Wildman–Crippen LogP) is 28.5. The van der Waals surface area contributed by atoms with Gasteiger partial charge in [-0.25, -0.2) is 0 Å². The standard InChI is InChI=1S/C106H68N2O2/c1-6-31-69(32-7-1)72-33-28-42-78(65-72)107(95-55-29-51-86-82-46-22-26-57-99(82)109-103(86)95)97-67-93-102(84-48-18-16-44-80(84)97)89-64-63-73(66-91(89)106(93,76-38-12-4-13-39-76)77-40-14-5-15-41-77)70-59-61-71(62-60-70)79-43-21-25-54-94(79)108(96-56-30-52-87-83-47-23-27-58-100(83)110-104(87)96)98-68-92-101(85-49-19-17-45-81(85)98)88-50-20-24-53-90(88)105(92,74-34-8-2-9-35-74)75-36-10-3-11-37-75/h1-68H. The Kier molecular flexibility index (Phi) is 14.4. The van der Waals surface area contributed by atoms with Crippen LogP contribution in [-0.4, -0.2) is 0 Å². The molecule has 0 spiro atoms. The summed E-state index contributed by atoms with van der Waals surface area (Å²) >= 11 is 0. The van der Waals surface area contributed by atoms with Crippen LogP contribution in [0.2, 0.25) is 0 Å². The van der Waals surface area contributed by atoms with Gasteiger partial charge in [-0.1, -0.05) is 352 Å². The first-order valence-corrected chi connectivity index (χ1v) is 37.9. The zero-order valence-electron chi connectivity index (χ0n) is 60.0. The van der Waals surface area contributed by atoms with Crippen LogP contribution in [0.5, 0.6) is 0 Å². The van der Waals surface area contributed by atoms with Crippen molar-refractivity contribution >= 4 is 99.5 Å². The second kappa shape index (κ2) is 25.2. The Morgan fingerprint density at radius 2 is 0.555 bits per heavy atom. The fourth-order valence-electron chi connectivity index (χ4n) is 19.0. The summed E-state index contributed by atoms with van der Waals surface area (Å²) in [6.07, 6.45) is 0. The summed E-state index contributed by atoms with van der Waals surface area (Å²) in [4.78, 5) is 4.96. The molecule has 0 N–H and O–H groups in total. The lowest BCUT2D eigenvalue weighted by molar-refractivity contribution is 0.668. The van der Waals surface area contributed by atoms with Gasteiger partial charge in [0.1, 0.15) is 11.2 Å².